The van der Waals surface area contributed by atoms with Crippen LogP contribution in [0.25, 0.3) is 0 Å². The summed E-state index contributed by atoms with van der Waals surface area (Å²) in [5.41, 5.74) is -0.753. The summed E-state index contributed by atoms with van der Waals surface area (Å²) in [6.45, 7) is 3.24. The van der Waals surface area contributed by atoms with E-state index in [2.05, 4.69) is 10.1 Å². The van der Waals surface area contributed by atoms with Gasteiger partial charge in [-0.1, -0.05) is 0 Å². The number of aryl methyl sites for hydroxylation is 1. The molecule has 0 bridgehead atoms. The highest BCUT2D eigenvalue weighted by atomic mass is 16.5. The van der Waals surface area contributed by atoms with E-state index >= 15 is 0 Å². The summed E-state index contributed by atoms with van der Waals surface area (Å²) in [4.78, 5) is 4.12. The van der Waals surface area contributed by atoms with Crippen molar-refractivity contribution in [3.8, 4) is 0 Å². The van der Waals surface area contributed by atoms with Crippen LogP contribution in [0, 0.1) is 5.92 Å². The number of nitrogens with zero attached hydrogens (tertiary/aromatic N) is 3. The molecule has 1 N–H and O–H groups in total. The number of aromatic nitrogens is 3. The van der Waals surface area contributed by atoms with Crippen LogP contribution in [0.4, 0.5) is 0 Å². The molecule has 0 amide bonds. The molecule has 1 aromatic heterocycles. The van der Waals surface area contributed by atoms with Crippen molar-refractivity contribution in [1.29, 1.82) is 0 Å². The maximum absolute atomic E-state index is 10.3. The highest BCUT2D eigenvalue weighted by Crippen LogP contribution is 2.28. The van der Waals surface area contributed by atoms with Gasteiger partial charge in [0.25, 0.3) is 0 Å². The minimum absolute atomic E-state index is 0.203. The van der Waals surface area contributed by atoms with Gasteiger partial charge in [-0.2, -0.15) is 5.10 Å². The van der Waals surface area contributed by atoms with Crippen molar-refractivity contribution in [3.63, 3.8) is 0 Å². The van der Waals surface area contributed by atoms with Crippen LogP contribution in [-0.2, 0) is 18.2 Å². The predicted octanol–water partition coefficient (Wildman–Crippen LogP) is 0.145. The standard InChI is InChI=1S/C10H17N3O2/c1-10(14,8-3-4-15-6-8)5-9-11-7-12-13(9)2/h7-8,14H,3-6H2,1-2H3. The SMILES string of the molecule is Cn1ncnc1CC(C)(O)C1CCOC1. The molecule has 1 fully saturated rings. The van der Waals surface area contributed by atoms with Crippen LogP contribution in [0.3, 0.4) is 0 Å². The summed E-state index contributed by atoms with van der Waals surface area (Å²) in [5.74, 6) is 1.01. The molecule has 2 unspecified atom stereocenters. The van der Waals surface area contributed by atoms with Gasteiger partial charge < -0.3 is 9.84 Å². The van der Waals surface area contributed by atoms with E-state index in [0.717, 1.165) is 18.9 Å². The quantitative estimate of drug-likeness (QED) is 0.773. The van der Waals surface area contributed by atoms with E-state index < -0.39 is 5.60 Å². The second kappa shape index (κ2) is 3.90. The van der Waals surface area contributed by atoms with Crippen LogP contribution in [-0.4, -0.2) is 38.7 Å². The second-order valence-corrected chi connectivity index (χ2v) is 4.39. The first-order valence-corrected chi connectivity index (χ1v) is 5.22. The van der Waals surface area contributed by atoms with Gasteiger partial charge in [-0.15, -0.1) is 0 Å². The minimum atomic E-state index is -0.753. The van der Waals surface area contributed by atoms with Crippen LogP contribution < -0.4 is 0 Å². The Balaban J connectivity index is 2.06. The van der Waals surface area contributed by atoms with Crippen LogP contribution in [0.1, 0.15) is 19.2 Å². The van der Waals surface area contributed by atoms with Gasteiger partial charge in [0, 0.05) is 26.0 Å². The van der Waals surface area contributed by atoms with E-state index in [9.17, 15) is 5.11 Å². The van der Waals surface area contributed by atoms with Gasteiger partial charge >= 0.3 is 0 Å². The minimum Gasteiger partial charge on any atom is -0.389 e. The molecular formula is C10H17N3O2. The molecule has 0 saturated carbocycles. The third-order valence-electron chi connectivity index (χ3n) is 3.13. The van der Waals surface area contributed by atoms with E-state index in [0.29, 0.717) is 13.0 Å². The number of aliphatic hydroxyl groups is 1. The molecule has 15 heavy (non-hydrogen) atoms. The molecule has 5 nitrogen and oxygen atoms in total. The molecule has 2 heterocycles. The van der Waals surface area contributed by atoms with Crippen molar-refractivity contribution in [2.45, 2.75) is 25.4 Å². The zero-order chi connectivity index (χ0) is 10.9. The highest BCUT2D eigenvalue weighted by Gasteiger charge is 2.35. The fourth-order valence-electron chi connectivity index (χ4n) is 1.97. The molecule has 2 rings (SSSR count). The Hall–Kier alpha value is -0.940. The van der Waals surface area contributed by atoms with E-state index in [4.69, 9.17) is 4.74 Å². The lowest BCUT2D eigenvalue weighted by Gasteiger charge is -2.28. The molecule has 0 spiro atoms. The van der Waals surface area contributed by atoms with Crippen LogP contribution in [0.5, 0.6) is 0 Å². The molecular weight excluding hydrogens is 194 g/mol. The van der Waals surface area contributed by atoms with E-state index in [1.165, 1.54) is 6.33 Å². The van der Waals surface area contributed by atoms with E-state index in [1.807, 2.05) is 14.0 Å². The van der Waals surface area contributed by atoms with Gasteiger partial charge in [-0.3, -0.25) is 4.68 Å². The summed E-state index contributed by atoms with van der Waals surface area (Å²) in [6, 6.07) is 0. The molecule has 1 aliphatic heterocycles. The molecule has 0 aliphatic carbocycles. The van der Waals surface area contributed by atoms with Crippen molar-refractivity contribution in [2.75, 3.05) is 13.2 Å². The second-order valence-electron chi connectivity index (χ2n) is 4.39. The Morgan fingerprint density at radius 2 is 2.53 bits per heavy atom. The van der Waals surface area contributed by atoms with Crippen molar-refractivity contribution >= 4 is 0 Å². The monoisotopic (exact) mass is 211 g/mol. The number of hydrogen-bond acceptors (Lipinski definition) is 4. The molecule has 0 aromatic carbocycles. The van der Waals surface area contributed by atoms with Gasteiger partial charge in [-0.05, 0) is 13.3 Å². The topological polar surface area (TPSA) is 60.2 Å². The predicted molar refractivity (Wildman–Crippen MR) is 54.3 cm³/mol. The number of rotatable bonds is 3. The fourth-order valence-corrected chi connectivity index (χ4v) is 1.97. The largest absolute Gasteiger partial charge is 0.389 e. The summed E-state index contributed by atoms with van der Waals surface area (Å²) < 4.78 is 6.99. The lowest BCUT2D eigenvalue weighted by molar-refractivity contribution is -0.00677. The Kier molecular flexibility index (Phi) is 2.75. The Morgan fingerprint density at radius 3 is 3.07 bits per heavy atom. The van der Waals surface area contributed by atoms with Gasteiger partial charge in [-0.25, -0.2) is 4.98 Å². The maximum Gasteiger partial charge on any atom is 0.138 e. The summed E-state index contributed by atoms with van der Waals surface area (Å²) in [7, 11) is 1.84. The first-order valence-electron chi connectivity index (χ1n) is 5.22. The summed E-state index contributed by atoms with van der Waals surface area (Å²) in [6.07, 6.45) is 2.96. The Morgan fingerprint density at radius 1 is 1.73 bits per heavy atom. The smallest absolute Gasteiger partial charge is 0.138 e. The summed E-state index contributed by atoms with van der Waals surface area (Å²) in [5, 5.41) is 14.3. The van der Waals surface area contributed by atoms with Crippen LogP contribution >= 0.6 is 0 Å². The third kappa shape index (κ3) is 2.18. The number of hydrogen-bond donors (Lipinski definition) is 1. The highest BCUT2D eigenvalue weighted by molar-refractivity contribution is 4.96. The Bertz CT molecular complexity index is 329. The fraction of sp³-hybridized carbons (Fsp3) is 0.800. The summed E-state index contributed by atoms with van der Waals surface area (Å²) >= 11 is 0. The zero-order valence-corrected chi connectivity index (χ0v) is 9.18. The molecule has 1 aliphatic rings. The van der Waals surface area contributed by atoms with Crippen molar-refractivity contribution < 1.29 is 9.84 Å². The average Bonchev–Trinajstić information content (AvgIpc) is 2.77. The maximum atomic E-state index is 10.3. The van der Waals surface area contributed by atoms with E-state index in [-0.39, 0.29) is 5.92 Å². The zero-order valence-electron chi connectivity index (χ0n) is 9.18. The van der Waals surface area contributed by atoms with Crippen LogP contribution in [0.2, 0.25) is 0 Å². The number of ether oxygens (including phenoxy) is 1. The van der Waals surface area contributed by atoms with Crippen molar-refractivity contribution in [2.24, 2.45) is 13.0 Å². The molecule has 0 radical (unpaired) electrons. The van der Waals surface area contributed by atoms with E-state index in [1.54, 1.807) is 4.68 Å². The molecule has 1 saturated heterocycles. The van der Waals surface area contributed by atoms with Gasteiger partial charge in [0.2, 0.25) is 0 Å². The lowest BCUT2D eigenvalue weighted by atomic mass is 9.85. The third-order valence-corrected chi connectivity index (χ3v) is 3.13. The molecule has 5 heteroatoms. The molecule has 2 atom stereocenters. The van der Waals surface area contributed by atoms with Crippen molar-refractivity contribution in [1.82, 2.24) is 14.8 Å². The lowest BCUT2D eigenvalue weighted by Crippen LogP contribution is -2.38. The Labute approximate surface area is 89.1 Å². The van der Waals surface area contributed by atoms with Crippen LogP contribution in [0.15, 0.2) is 6.33 Å². The average molecular weight is 211 g/mol. The van der Waals surface area contributed by atoms with Gasteiger partial charge in [0.05, 0.1) is 12.2 Å². The van der Waals surface area contributed by atoms with Gasteiger partial charge in [0.1, 0.15) is 12.2 Å². The molecule has 84 valence electrons. The normalized spacial score (nSPS) is 25.4. The van der Waals surface area contributed by atoms with Gasteiger partial charge in [0.15, 0.2) is 0 Å². The first kappa shape index (κ1) is 10.6. The first-order chi connectivity index (χ1) is 7.09. The molecule has 1 aromatic rings. The van der Waals surface area contributed by atoms with Crippen molar-refractivity contribution in [3.05, 3.63) is 12.2 Å².